The summed E-state index contributed by atoms with van der Waals surface area (Å²) in [5.41, 5.74) is 5.42. The maximum absolute atomic E-state index is 10.8. The van der Waals surface area contributed by atoms with Crippen molar-refractivity contribution in [3.05, 3.63) is 0 Å². The van der Waals surface area contributed by atoms with Gasteiger partial charge in [-0.1, -0.05) is 0 Å². The molecular formula is C10H21N3O3. The normalized spacial score (nSPS) is 25.8. The summed E-state index contributed by atoms with van der Waals surface area (Å²) in [6.07, 6.45) is 0.774. The lowest BCUT2D eigenvalue weighted by atomic mass is 10.0. The van der Waals surface area contributed by atoms with Gasteiger partial charge in [0.25, 0.3) is 0 Å². The molecule has 0 aromatic rings. The highest BCUT2D eigenvalue weighted by Gasteiger charge is 2.30. The van der Waals surface area contributed by atoms with Gasteiger partial charge in [-0.25, -0.2) is 4.79 Å². The number of nitrogens with one attached hydrogen (secondary N) is 1. The van der Waals surface area contributed by atoms with Crippen molar-refractivity contribution in [1.82, 2.24) is 10.2 Å². The molecule has 6 heteroatoms. The molecule has 4 N–H and O–H groups in total. The molecule has 2 unspecified atom stereocenters. The molecule has 0 bridgehead atoms. The van der Waals surface area contributed by atoms with E-state index in [1.54, 1.807) is 7.11 Å². The summed E-state index contributed by atoms with van der Waals surface area (Å²) in [6, 6.07) is 0.229. The smallest absolute Gasteiger partial charge is 0.407 e. The molecule has 0 aromatic carbocycles. The average Bonchev–Trinajstić information content (AvgIpc) is 2.29. The minimum atomic E-state index is -0.873. The van der Waals surface area contributed by atoms with E-state index < -0.39 is 6.09 Å². The Bertz CT molecular complexity index is 225. The van der Waals surface area contributed by atoms with Crippen LogP contribution in [-0.4, -0.2) is 61.5 Å². The lowest BCUT2D eigenvalue weighted by molar-refractivity contribution is 0.00980. The molecule has 1 saturated heterocycles. The number of carboxylic acid groups (broad SMARTS) is 1. The largest absolute Gasteiger partial charge is 0.465 e. The Morgan fingerprint density at radius 2 is 2.44 bits per heavy atom. The Labute approximate surface area is 95.7 Å². The van der Waals surface area contributed by atoms with E-state index in [0.29, 0.717) is 19.6 Å². The van der Waals surface area contributed by atoms with Gasteiger partial charge in [-0.2, -0.15) is 0 Å². The van der Waals surface area contributed by atoms with Crippen LogP contribution in [0.2, 0.25) is 0 Å². The summed E-state index contributed by atoms with van der Waals surface area (Å²) in [7, 11) is 1.62. The third-order valence-electron chi connectivity index (χ3n) is 2.92. The van der Waals surface area contributed by atoms with Gasteiger partial charge in [-0.15, -0.1) is 0 Å². The molecule has 1 heterocycles. The molecule has 1 rings (SSSR count). The van der Waals surface area contributed by atoms with Crippen LogP contribution in [0.1, 0.15) is 12.8 Å². The number of rotatable bonds is 5. The van der Waals surface area contributed by atoms with Gasteiger partial charge in [0.2, 0.25) is 0 Å². The zero-order valence-corrected chi connectivity index (χ0v) is 9.69. The number of hydrogen-bond acceptors (Lipinski definition) is 4. The first-order valence-corrected chi connectivity index (χ1v) is 5.63. The monoisotopic (exact) mass is 231 g/mol. The van der Waals surface area contributed by atoms with Crippen molar-refractivity contribution in [2.45, 2.75) is 25.0 Å². The first-order chi connectivity index (χ1) is 7.69. The van der Waals surface area contributed by atoms with Crippen molar-refractivity contribution in [2.24, 2.45) is 5.73 Å². The number of piperidine rings is 1. The van der Waals surface area contributed by atoms with E-state index in [1.165, 1.54) is 4.90 Å². The molecule has 1 aliphatic rings. The van der Waals surface area contributed by atoms with Crippen LogP contribution >= 0.6 is 0 Å². The van der Waals surface area contributed by atoms with E-state index in [9.17, 15) is 4.79 Å². The summed E-state index contributed by atoms with van der Waals surface area (Å²) < 4.78 is 5.32. The third-order valence-corrected chi connectivity index (χ3v) is 2.92. The summed E-state index contributed by atoms with van der Waals surface area (Å²) in [5.74, 6) is 0. The van der Waals surface area contributed by atoms with Gasteiger partial charge in [0.15, 0.2) is 0 Å². The van der Waals surface area contributed by atoms with Gasteiger partial charge in [-0.05, 0) is 25.9 Å². The minimum Gasteiger partial charge on any atom is -0.465 e. The second-order valence-electron chi connectivity index (χ2n) is 3.99. The Kier molecular flexibility index (Phi) is 5.51. The third kappa shape index (κ3) is 3.62. The highest BCUT2D eigenvalue weighted by molar-refractivity contribution is 5.65. The summed E-state index contributed by atoms with van der Waals surface area (Å²) in [6.45, 7) is 2.52. The first-order valence-electron chi connectivity index (χ1n) is 5.63. The Morgan fingerprint density at radius 3 is 3.00 bits per heavy atom. The molecular weight excluding hydrogens is 210 g/mol. The number of nitrogens with two attached hydrogens (primary N) is 1. The number of carbonyl (C=O) groups is 1. The number of methoxy groups -OCH3 is 1. The van der Waals surface area contributed by atoms with Crippen molar-refractivity contribution < 1.29 is 14.6 Å². The molecule has 1 aliphatic heterocycles. The van der Waals surface area contributed by atoms with Gasteiger partial charge in [-0.3, -0.25) is 0 Å². The molecule has 1 amide bonds. The molecule has 0 aromatic heterocycles. The molecule has 16 heavy (non-hydrogen) atoms. The predicted molar refractivity (Wildman–Crippen MR) is 60.5 cm³/mol. The molecule has 2 atom stereocenters. The molecule has 6 nitrogen and oxygen atoms in total. The van der Waals surface area contributed by atoms with Crippen molar-refractivity contribution in [3.8, 4) is 0 Å². The van der Waals surface area contributed by atoms with Crippen LogP contribution in [0.5, 0.6) is 0 Å². The summed E-state index contributed by atoms with van der Waals surface area (Å²) >= 11 is 0. The number of amides is 1. The van der Waals surface area contributed by atoms with Crippen LogP contribution in [0.3, 0.4) is 0 Å². The van der Waals surface area contributed by atoms with Gasteiger partial charge in [0.05, 0.1) is 12.6 Å². The van der Waals surface area contributed by atoms with Crippen molar-refractivity contribution in [3.63, 3.8) is 0 Å². The molecule has 0 radical (unpaired) electrons. The second kappa shape index (κ2) is 6.67. The Hall–Kier alpha value is -0.850. The van der Waals surface area contributed by atoms with Gasteiger partial charge < -0.3 is 25.8 Å². The van der Waals surface area contributed by atoms with E-state index in [4.69, 9.17) is 15.6 Å². The van der Waals surface area contributed by atoms with E-state index in [1.807, 2.05) is 0 Å². The number of hydrogen-bond donors (Lipinski definition) is 3. The summed E-state index contributed by atoms with van der Waals surface area (Å²) in [5, 5.41) is 12.2. The molecule has 94 valence electrons. The van der Waals surface area contributed by atoms with Crippen molar-refractivity contribution in [2.75, 3.05) is 33.3 Å². The number of ether oxygens (including phenoxy) is 1. The molecule has 1 fully saturated rings. The maximum Gasteiger partial charge on any atom is 0.407 e. The minimum absolute atomic E-state index is 0.0670. The van der Waals surface area contributed by atoms with Gasteiger partial charge in [0, 0.05) is 19.7 Å². The zero-order chi connectivity index (χ0) is 12.0. The highest BCUT2D eigenvalue weighted by Crippen LogP contribution is 2.13. The topological polar surface area (TPSA) is 87.8 Å². The fraction of sp³-hybridized carbons (Fsp3) is 0.900. The number of nitrogens with zero attached hydrogens (tertiary/aromatic N) is 1. The fourth-order valence-electron chi connectivity index (χ4n) is 1.95. The highest BCUT2D eigenvalue weighted by atomic mass is 16.5. The van der Waals surface area contributed by atoms with Crippen LogP contribution in [0.15, 0.2) is 0 Å². The average molecular weight is 231 g/mol. The molecule has 0 aliphatic carbocycles. The lowest BCUT2D eigenvalue weighted by Gasteiger charge is -2.36. The maximum atomic E-state index is 10.8. The van der Waals surface area contributed by atoms with Gasteiger partial charge in [0.1, 0.15) is 0 Å². The fourth-order valence-corrected chi connectivity index (χ4v) is 1.95. The van der Waals surface area contributed by atoms with E-state index in [-0.39, 0.29) is 12.1 Å². The molecule has 0 saturated carbocycles. The van der Waals surface area contributed by atoms with Crippen LogP contribution in [0.25, 0.3) is 0 Å². The Balaban J connectivity index is 2.39. The zero-order valence-electron chi connectivity index (χ0n) is 9.69. The quantitative estimate of drug-likeness (QED) is 0.565. The number of likely N-dealkylation sites (tertiary alicyclic amines) is 1. The second-order valence-corrected chi connectivity index (χ2v) is 3.99. The predicted octanol–water partition coefficient (Wildman–Crippen LogP) is -0.308. The van der Waals surface area contributed by atoms with E-state index >= 15 is 0 Å². The van der Waals surface area contributed by atoms with Crippen LogP contribution in [0.4, 0.5) is 4.79 Å². The van der Waals surface area contributed by atoms with E-state index in [2.05, 4.69) is 5.32 Å². The van der Waals surface area contributed by atoms with Gasteiger partial charge >= 0.3 is 6.09 Å². The van der Waals surface area contributed by atoms with Crippen molar-refractivity contribution >= 4 is 6.09 Å². The lowest BCUT2D eigenvalue weighted by Crippen LogP contribution is -2.54. The first kappa shape index (κ1) is 13.2. The van der Waals surface area contributed by atoms with Crippen LogP contribution < -0.4 is 11.1 Å². The van der Waals surface area contributed by atoms with Crippen molar-refractivity contribution in [1.29, 1.82) is 0 Å². The molecule has 0 spiro atoms. The Morgan fingerprint density at radius 1 is 1.69 bits per heavy atom. The SMILES string of the molecule is COC1CN(C(=O)O)CCC1NCCCN. The van der Waals surface area contributed by atoms with E-state index in [0.717, 1.165) is 19.4 Å². The van der Waals surface area contributed by atoms with Crippen LogP contribution in [0, 0.1) is 0 Å². The standard InChI is InChI=1S/C10H21N3O3/c1-16-9-7-13(10(14)15)6-3-8(9)12-5-2-4-11/h8-9,12H,2-7,11H2,1H3,(H,14,15). The van der Waals surface area contributed by atoms with Crippen LogP contribution in [-0.2, 0) is 4.74 Å². The summed E-state index contributed by atoms with van der Waals surface area (Å²) in [4.78, 5) is 12.2.